The van der Waals surface area contributed by atoms with Crippen molar-refractivity contribution in [3.05, 3.63) is 23.5 Å². The van der Waals surface area contributed by atoms with Gasteiger partial charge in [0.15, 0.2) is 0 Å². The molecule has 0 spiro atoms. The van der Waals surface area contributed by atoms with Gasteiger partial charge in [0.05, 0.1) is 19.4 Å². The Morgan fingerprint density at radius 1 is 1.25 bits per heavy atom. The number of hydrogen-bond donors (Lipinski definition) is 1. The van der Waals surface area contributed by atoms with E-state index in [2.05, 4.69) is 0 Å². The second kappa shape index (κ2) is 7.25. The zero-order chi connectivity index (χ0) is 17.9. The third-order valence-electron chi connectivity index (χ3n) is 3.79. The van der Waals surface area contributed by atoms with Crippen LogP contribution in [0.1, 0.15) is 26.3 Å². The molecule has 134 valence electrons. The molecule has 1 amide bonds. The average molecular weight is 340 g/mol. The topological polar surface area (TPSA) is 62.2 Å². The molecule has 7 heteroatoms. The first-order valence-electron chi connectivity index (χ1n) is 7.95. The standard InChI is InChI=1S/C17H25FN2O4/c1-17(2,3)24-16(22)20-7-5-19(6-8-20)14-10-15(23-4)12(11-21)9-13(14)18/h9-10,21H,5-8,11H2,1-4H3. The van der Waals surface area contributed by atoms with Gasteiger partial charge in [-0.1, -0.05) is 0 Å². The minimum Gasteiger partial charge on any atom is -0.496 e. The molecule has 0 atom stereocenters. The summed E-state index contributed by atoms with van der Waals surface area (Å²) in [6, 6.07) is 2.87. The summed E-state index contributed by atoms with van der Waals surface area (Å²) < 4.78 is 24.9. The van der Waals surface area contributed by atoms with Crippen LogP contribution in [0.15, 0.2) is 12.1 Å². The second-order valence-corrected chi connectivity index (χ2v) is 6.73. The predicted octanol–water partition coefficient (Wildman–Crippen LogP) is 2.38. The smallest absolute Gasteiger partial charge is 0.410 e. The summed E-state index contributed by atoms with van der Waals surface area (Å²) in [6.45, 7) is 7.10. The van der Waals surface area contributed by atoms with Crippen molar-refractivity contribution in [3.63, 3.8) is 0 Å². The van der Waals surface area contributed by atoms with E-state index in [-0.39, 0.29) is 12.7 Å². The van der Waals surface area contributed by atoms with Crippen molar-refractivity contribution in [1.29, 1.82) is 0 Å². The molecule has 1 aliphatic rings. The molecule has 2 rings (SSSR count). The molecule has 24 heavy (non-hydrogen) atoms. The first-order valence-corrected chi connectivity index (χ1v) is 7.95. The zero-order valence-corrected chi connectivity index (χ0v) is 14.6. The van der Waals surface area contributed by atoms with Gasteiger partial charge in [-0.25, -0.2) is 9.18 Å². The summed E-state index contributed by atoms with van der Waals surface area (Å²) in [5.41, 5.74) is 0.285. The quantitative estimate of drug-likeness (QED) is 0.915. The van der Waals surface area contributed by atoms with E-state index in [1.165, 1.54) is 13.2 Å². The number of aliphatic hydroxyl groups excluding tert-OH is 1. The van der Waals surface area contributed by atoms with Crippen molar-refractivity contribution < 1.29 is 23.8 Å². The number of piperazine rings is 1. The second-order valence-electron chi connectivity index (χ2n) is 6.73. The predicted molar refractivity (Wildman–Crippen MR) is 88.9 cm³/mol. The fourth-order valence-electron chi connectivity index (χ4n) is 2.60. The number of rotatable bonds is 3. The number of carbonyl (C=O) groups is 1. The first kappa shape index (κ1) is 18.3. The van der Waals surface area contributed by atoms with Crippen LogP contribution < -0.4 is 9.64 Å². The van der Waals surface area contributed by atoms with Crippen LogP contribution in [0.4, 0.5) is 14.9 Å². The summed E-state index contributed by atoms with van der Waals surface area (Å²) >= 11 is 0. The van der Waals surface area contributed by atoms with E-state index >= 15 is 0 Å². The van der Waals surface area contributed by atoms with Crippen LogP contribution in [-0.2, 0) is 11.3 Å². The first-order chi connectivity index (χ1) is 11.2. The highest BCUT2D eigenvalue weighted by molar-refractivity contribution is 5.68. The SMILES string of the molecule is COc1cc(N2CCN(C(=O)OC(C)(C)C)CC2)c(F)cc1CO. The highest BCUT2D eigenvalue weighted by Gasteiger charge is 2.27. The largest absolute Gasteiger partial charge is 0.496 e. The molecule has 1 N–H and O–H groups in total. The highest BCUT2D eigenvalue weighted by atomic mass is 19.1. The molecular weight excluding hydrogens is 315 g/mol. The molecule has 1 aliphatic heterocycles. The van der Waals surface area contributed by atoms with Gasteiger partial charge in [0.25, 0.3) is 0 Å². The molecule has 1 fully saturated rings. The Hall–Kier alpha value is -2.02. The lowest BCUT2D eigenvalue weighted by Gasteiger charge is -2.37. The van der Waals surface area contributed by atoms with E-state index in [1.807, 2.05) is 25.7 Å². The molecular formula is C17H25FN2O4. The Kier molecular flexibility index (Phi) is 5.54. The van der Waals surface area contributed by atoms with E-state index in [4.69, 9.17) is 9.47 Å². The van der Waals surface area contributed by atoms with Gasteiger partial charge in [0, 0.05) is 37.8 Å². The number of hydrogen-bond acceptors (Lipinski definition) is 5. The number of halogens is 1. The number of ether oxygens (including phenoxy) is 2. The molecule has 0 saturated carbocycles. The lowest BCUT2D eigenvalue weighted by Crippen LogP contribution is -2.50. The normalized spacial score (nSPS) is 15.4. The van der Waals surface area contributed by atoms with Gasteiger partial charge in [0.2, 0.25) is 0 Å². The maximum atomic E-state index is 14.3. The van der Waals surface area contributed by atoms with E-state index in [0.717, 1.165) is 0 Å². The van der Waals surface area contributed by atoms with Crippen molar-refractivity contribution in [2.75, 3.05) is 38.2 Å². The van der Waals surface area contributed by atoms with Crippen molar-refractivity contribution in [2.45, 2.75) is 33.0 Å². The number of aliphatic hydroxyl groups is 1. The van der Waals surface area contributed by atoms with Crippen LogP contribution in [0.3, 0.4) is 0 Å². The molecule has 6 nitrogen and oxygen atoms in total. The van der Waals surface area contributed by atoms with E-state index in [1.54, 1.807) is 11.0 Å². The Morgan fingerprint density at radius 3 is 2.38 bits per heavy atom. The van der Waals surface area contributed by atoms with Crippen LogP contribution in [0.25, 0.3) is 0 Å². The van der Waals surface area contributed by atoms with E-state index in [9.17, 15) is 14.3 Å². The van der Waals surface area contributed by atoms with Crippen LogP contribution in [0.2, 0.25) is 0 Å². The molecule has 1 aromatic carbocycles. The van der Waals surface area contributed by atoms with Crippen LogP contribution in [-0.4, -0.2) is 55.0 Å². The number of methoxy groups -OCH3 is 1. The fraction of sp³-hybridized carbons (Fsp3) is 0.588. The van der Waals surface area contributed by atoms with Crippen molar-refractivity contribution in [3.8, 4) is 5.75 Å². The van der Waals surface area contributed by atoms with Gasteiger partial charge in [-0.05, 0) is 26.8 Å². The summed E-state index contributed by atoms with van der Waals surface area (Å²) in [5, 5.41) is 9.25. The van der Waals surface area contributed by atoms with E-state index < -0.39 is 11.4 Å². The molecule has 0 bridgehead atoms. The molecule has 0 radical (unpaired) electrons. The van der Waals surface area contributed by atoms with Gasteiger partial charge in [-0.2, -0.15) is 0 Å². The lowest BCUT2D eigenvalue weighted by molar-refractivity contribution is 0.0240. The summed E-state index contributed by atoms with van der Waals surface area (Å²) in [6.07, 6.45) is -0.351. The number of amides is 1. The average Bonchev–Trinajstić information content (AvgIpc) is 2.53. The third kappa shape index (κ3) is 4.29. The molecule has 0 aliphatic carbocycles. The minimum absolute atomic E-state index is 0.285. The fourth-order valence-corrected chi connectivity index (χ4v) is 2.60. The van der Waals surface area contributed by atoms with Crippen molar-refractivity contribution in [2.24, 2.45) is 0 Å². The van der Waals surface area contributed by atoms with Crippen LogP contribution in [0.5, 0.6) is 5.75 Å². The number of anilines is 1. The molecule has 1 aromatic rings. The van der Waals surface area contributed by atoms with Gasteiger partial charge < -0.3 is 24.4 Å². The Morgan fingerprint density at radius 2 is 1.88 bits per heavy atom. The Bertz CT molecular complexity index is 593. The summed E-state index contributed by atoms with van der Waals surface area (Å²) in [4.78, 5) is 15.6. The van der Waals surface area contributed by atoms with Crippen LogP contribution >= 0.6 is 0 Å². The lowest BCUT2D eigenvalue weighted by atomic mass is 10.1. The van der Waals surface area contributed by atoms with Gasteiger partial charge >= 0.3 is 6.09 Å². The maximum Gasteiger partial charge on any atom is 0.410 e. The van der Waals surface area contributed by atoms with Gasteiger partial charge in [-0.3, -0.25) is 0 Å². The Labute approximate surface area is 141 Å². The highest BCUT2D eigenvalue weighted by Crippen LogP contribution is 2.30. The van der Waals surface area contributed by atoms with Crippen molar-refractivity contribution >= 4 is 11.8 Å². The van der Waals surface area contributed by atoms with E-state index in [0.29, 0.717) is 43.2 Å². The molecule has 0 aromatic heterocycles. The van der Waals surface area contributed by atoms with Crippen molar-refractivity contribution in [1.82, 2.24) is 4.90 Å². The Balaban J connectivity index is 2.06. The third-order valence-corrected chi connectivity index (χ3v) is 3.79. The molecule has 0 unspecified atom stereocenters. The molecule has 1 saturated heterocycles. The summed E-state index contributed by atoms with van der Waals surface area (Å²) in [7, 11) is 1.48. The van der Waals surface area contributed by atoms with Gasteiger partial charge in [0.1, 0.15) is 17.2 Å². The summed E-state index contributed by atoms with van der Waals surface area (Å²) in [5.74, 6) is 0.0361. The monoisotopic (exact) mass is 340 g/mol. The maximum absolute atomic E-state index is 14.3. The number of benzene rings is 1. The zero-order valence-electron chi connectivity index (χ0n) is 14.6. The minimum atomic E-state index is -0.534. The van der Waals surface area contributed by atoms with Gasteiger partial charge in [-0.15, -0.1) is 0 Å². The number of nitrogens with zero attached hydrogens (tertiary/aromatic N) is 2. The molecule has 1 heterocycles. The number of carbonyl (C=O) groups excluding carboxylic acids is 1. The van der Waals surface area contributed by atoms with Crippen LogP contribution in [0, 0.1) is 5.82 Å².